The van der Waals surface area contributed by atoms with Crippen LogP contribution in [0.3, 0.4) is 0 Å². The largest absolute Gasteiger partial charge is 0.338 e. The first-order valence-corrected chi connectivity index (χ1v) is 9.84. The van der Waals surface area contributed by atoms with Gasteiger partial charge < -0.3 is 15.5 Å². The highest BCUT2D eigenvalue weighted by molar-refractivity contribution is 6.04. The normalized spacial score (nSPS) is 14.5. The number of rotatable bonds is 5. The second-order valence-corrected chi connectivity index (χ2v) is 7.25. The number of halogens is 2. The molecule has 3 amide bonds. The van der Waals surface area contributed by atoms with Crippen LogP contribution in [0.15, 0.2) is 42.5 Å². The summed E-state index contributed by atoms with van der Waals surface area (Å²) in [5, 5.41) is 5.28. The predicted octanol–water partition coefficient (Wildman–Crippen LogP) is 4.20. The van der Waals surface area contributed by atoms with Crippen LogP contribution in [0.1, 0.15) is 35.7 Å². The molecule has 29 heavy (non-hydrogen) atoms. The SMILES string of the molecule is CCNC(=O)N1CCC(Cc2ccc(C(=O)Nc3ccc(F)cc3F)cc2)CC1. The Morgan fingerprint density at radius 2 is 1.76 bits per heavy atom. The number of carbonyl (C=O) groups is 2. The minimum absolute atomic E-state index is 0.00101. The lowest BCUT2D eigenvalue weighted by Crippen LogP contribution is -2.44. The van der Waals surface area contributed by atoms with Gasteiger partial charge in [0.1, 0.15) is 11.6 Å². The van der Waals surface area contributed by atoms with Crippen molar-refractivity contribution in [2.24, 2.45) is 5.92 Å². The van der Waals surface area contributed by atoms with E-state index in [1.165, 1.54) is 6.07 Å². The molecule has 0 radical (unpaired) electrons. The van der Waals surface area contributed by atoms with Crippen molar-refractivity contribution in [1.82, 2.24) is 10.2 Å². The first-order valence-electron chi connectivity index (χ1n) is 9.84. The van der Waals surface area contributed by atoms with Gasteiger partial charge in [0, 0.05) is 31.3 Å². The third kappa shape index (κ3) is 5.53. The number of nitrogens with zero attached hydrogens (tertiary/aromatic N) is 1. The van der Waals surface area contributed by atoms with Crippen LogP contribution >= 0.6 is 0 Å². The van der Waals surface area contributed by atoms with Crippen LogP contribution in [0.5, 0.6) is 0 Å². The van der Waals surface area contributed by atoms with Crippen molar-refractivity contribution in [3.8, 4) is 0 Å². The zero-order valence-electron chi connectivity index (χ0n) is 16.4. The highest BCUT2D eigenvalue weighted by Crippen LogP contribution is 2.22. The van der Waals surface area contributed by atoms with E-state index in [9.17, 15) is 18.4 Å². The van der Waals surface area contributed by atoms with Gasteiger partial charge in [0.25, 0.3) is 5.91 Å². The first-order chi connectivity index (χ1) is 14.0. The Morgan fingerprint density at radius 1 is 1.07 bits per heavy atom. The maximum absolute atomic E-state index is 13.7. The van der Waals surface area contributed by atoms with Gasteiger partial charge in [0.05, 0.1) is 5.69 Å². The second kappa shape index (κ2) is 9.49. The molecule has 1 heterocycles. The Hall–Kier alpha value is -2.96. The standard InChI is InChI=1S/C22H25F2N3O2/c1-2-25-22(29)27-11-9-16(10-12-27)13-15-3-5-17(6-4-15)21(28)26-20-8-7-18(23)14-19(20)24/h3-8,14,16H,2,9-13H2,1H3,(H,25,29)(H,26,28). The molecule has 5 nitrogen and oxygen atoms in total. The Kier molecular flexibility index (Phi) is 6.80. The van der Waals surface area contributed by atoms with E-state index in [0.717, 1.165) is 50.0 Å². The van der Waals surface area contributed by atoms with Gasteiger partial charge in [0.15, 0.2) is 0 Å². The molecule has 2 N–H and O–H groups in total. The maximum Gasteiger partial charge on any atom is 0.317 e. The molecule has 7 heteroatoms. The highest BCUT2D eigenvalue weighted by atomic mass is 19.1. The quantitative estimate of drug-likeness (QED) is 0.789. The van der Waals surface area contributed by atoms with E-state index in [4.69, 9.17) is 0 Å². The lowest BCUT2D eigenvalue weighted by Gasteiger charge is -2.32. The Labute approximate surface area is 169 Å². The number of carbonyl (C=O) groups excluding carboxylic acids is 2. The van der Waals surface area contributed by atoms with E-state index in [1.807, 2.05) is 24.0 Å². The molecule has 0 aromatic heterocycles. The number of benzene rings is 2. The number of piperidine rings is 1. The third-order valence-electron chi connectivity index (χ3n) is 5.15. The minimum Gasteiger partial charge on any atom is -0.338 e. The summed E-state index contributed by atoms with van der Waals surface area (Å²) >= 11 is 0. The topological polar surface area (TPSA) is 61.4 Å². The Balaban J connectivity index is 1.52. The summed E-state index contributed by atoms with van der Waals surface area (Å²) in [4.78, 5) is 26.0. The number of amides is 3. The number of nitrogens with one attached hydrogen (secondary N) is 2. The van der Waals surface area contributed by atoms with Crippen molar-refractivity contribution in [2.75, 3.05) is 25.0 Å². The van der Waals surface area contributed by atoms with E-state index in [1.54, 1.807) is 12.1 Å². The van der Waals surface area contributed by atoms with E-state index >= 15 is 0 Å². The average Bonchev–Trinajstić information content (AvgIpc) is 2.71. The maximum atomic E-state index is 13.7. The van der Waals surface area contributed by atoms with E-state index in [0.29, 0.717) is 18.0 Å². The van der Waals surface area contributed by atoms with Gasteiger partial charge in [-0.2, -0.15) is 0 Å². The lowest BCUT2D eigenvalue weighted by atomic mass is 9.90. The molecular formula is C22H25F2N3O2. The molecule has 3 rings (SSSR count). The van der Waals surface area contributed by atoms with Crippen LogP contribution in [-0.2, 0) is 6.42 Å². The Morgan fingerprint density at radius 3 is 2.38 bits per heavy atom. The fourth-order valence-corrected chi connectivity index (χ4v) is 3.51. The number of likely N-dealkylation sites (tertiary alicyclic amines) is 1. The van der Waals surface area contributed by atoms with Crippen LogP contribution in [-0.4, -0.2) is 36.5 Å². The molecule has 0 spiro atoms. The summed E-state index contributed by atoms with van der Waals surface area (Å²) in [6, 6.07) is 10.2. The zero-order valence-corrected chi connectivity index (χ0v) is 16.4. The molecule has 0 unspecified atom stereocenters. The Bertz CT molecular complexity index is 863. The first kappa shape index (κ1) is 20.8. The van der Waals surface area contributed by atoms with Crippen molar-refractivity contribution < 1.29 is 18.4 Å². The van der Waals surface area contributed by atoms with Crippen molar-refractivity contribution >= 4 is 17.6 Å². The zero-order chi connectivity index (χ0) is 20.8. The molecule has 0 bridgehead atoms. The molecule has 0 atom stereocenters. The van der Waals surface area contributed by atoms with Gasteiger partial charge in [-0.15, -0.1) is 0 Å². The van der Waals surface area contributed by atoms with Crippen molar-refractivity contribution in [3.63, 3.8) is 0 Å². The van der Waals surface area contributed by atoms with Gasteiger partial charge in [-0.25, -0.2) is 13.6 Å². The molecule has 0 aliphatic carbocycles. The molecular weight excluding hydrogens is 376 g/mol. The average molecular weight is 401 g/mol. The molecule has 2 aromatic carbocycles. The number of urea groups is 1. The summed E-state index contributed by atoms with van der Waals surface area (Å²) in [5.74, 6) is -1.46. The molecule has 1 fully saturated rings. The summed E-state index contributed by atoms with van der Waals surface area (Å²) < 4.78 is 26.7. The molecule has 1 aliphatic rings. The number of hydrogen-bond acceptors (Lipinski definition) is 2. The molecule has 1 saturated heterocycles. The van der Waals surface area contributed by atoms with Gasteiger partial charge in [-0.3, -0.25) is 4.79 Å². The van der Waals surface area contributed by atoms with Gasteiger partial charge in [-0.1, -0.05) is 12.1 Å². The second-order valence-electron chi connectivity index (χ2n) is 7.25. The van der Waals surface area contributed by atoms with Gasteiger partial charge in [0.2, 0.25) is 0 Å². The van der Waals surface area contributed by atoms with Gasteiger partial charge in [-0.05, 0) is 61.9 Å². The lowest BCUT2D eigenvalue weighted by molar-refractivity contribution is 0.102. The smallest absolute Gasteiger partial charge is 0.317 e. The van der Waals surface area contributed by atoms with Crippen LogP contribution in [0.2, 0.25) is 0 Å². The summed E-state index contributed by atoms with van der Waals surface area (Å²) in [5.41, 5.74) is 1.47. The van der Waals surface area contributed by atoms with Crippen LogP contribution < -0.4 is 10.6 Å². The van der Waals surface area contributed by atoms with Crippen molar-refractivity contribution in [1.29, 1.82) is 0 Å². The summed E-state index contributed by atoms with van der Waals surface area (Å²) in [6.45, 7) is 4.04. The molecule has 0 saturated carbocycles. The molecule has 2 aromatic rings. The van der Waals surface area contributed by atoms with Crippen molar-refractivity contribution in [3.05, 3.63) is 65.2 Å². The summed E-state index contributed by atoms with van der Waals surface area (Å²) in [6.07, 6.45) is 2.78. The van der Waals surface area contributed by atoms with E-state index < -0.39 is 17.5 Å². The molecule has 1 aliphatic heterocycles. The van der Waals surface area contributed by atoms with E-state index in [-0.39, 0.29) is 11.7 Å². The minimum atomic E-state index is -0.811. The number of hydrogen-bond donors (Lipinski definition) is 2. The molecule has 154 valence electrons. The summed E-state index contributed by atoms with van der Waals surface area (Å²) in [7, 11) is 0. The fraction of sp³-hybridized carbons (Fsp3) is 0.364. The van der Waals surface area contributed by atoms with Crippen LogP contribution in [0.4, 0.5) is 19.3 Å². The van der Waals surface area contributed by atoms with Crippen LogP contribution in [0, 0.1) is 17.6 Å². The van der Waals surface area contributed by atoms with Crippen molar-refractivity contribution in [2.45, 2.75) is 26.2 Å². The fourth-order valence-electron chi connectivity index (χ4n) is 3.51. The van der Waals surface area contributed by atoms with Gasteiger partial charge >= 0.3 is 6.03 Å². The number of anilines is 1. The highest BCUT2D eigenvalue weighted by Gasteiger charge is 2.22. The van der Waals surface area contributed by atoms with Crippen LogP contribution in [0.25, 0.3) is 0 Å². The predicted molar refractivity (Wildman–Crippen MR) is 108 cm³/mol. The third-order valence-corrected chi connectivity index (χ3v) is 5.15. The monoisotopic (exact) mass is 401 g/mol. The van der Waals surface area contributed by atoms with E-state index in [2.05, 4.69) is 10.6 Å².